The smallest absolute Gasteiger partial charge is 0.393 e. The first-order chi connectivity index (χ1) is 15.2. The maximum absolute atomic E-state index is 13.5. The topological polar surface area (TPSA) is 96.8 Å². The third kappa shape index (κ3) is 4.68. The number of benzene rings is 1. The highest BCUT2D eigenvalue weighted by molar-refractivity contribution is 5.77. The van der Waals surface area contributed by atoms with Gasteiger partial charge in [-0.25, -0.2) is 5.84 Å². The molecule has 1 aromatic heterocycles. The van der Waals surface area contributed by atoms with Crippen molar-refractivity contribution in [2.75, 3.05) is 59.9 Å². The van der Waals surface area contributed by atoms with E-state index < -0.39 is 11.7 Å². The molecule has 1 aromatic carbocycles. The van der Waals surface area contributed by atoms with Gasteiger partial charge in [0.05, 0.1) is 25.3 Å². The van der Waals surface area contributed by atoms with Crippen LogP contribution in [0.2, 0.25) is 0 Å². The number of aromatic nitrogens is 2. The maximum Gasteiger partial charge on any atom is 0.416 e. The van der Waals surface area contributed by atoms with Gasteiger partial charge in [-0.2, -0.15) is 23.1 Å². The van der Waals surface area contributed by atoms with Crippen molar-refractivity contribution in [1.82, 2.24) is 9.97 Å². The molecule has 2 aliphatic heterocycles. The Balaban J connectivity index is 1.71. The van der Waals surface area contributed by atoms with E-state index in [0.29, 0.717) is 44.0 Å². The Morgan fingerprint density at radius 1 is 1.12 bits per heavy atom. The lowest BCUT2D eigenvalue weighted by atomic mass is 10.1. The van der Waals surface area contributed by atoms with Crippen LogP contribution < -0.4 is 26.4 Å². The van der Waals surface area contributed by atoms with Gasteiger partial charge in [0.1, 0.15) is 5.69 Å². The Hall–Kier alpha value is -2.79. The average Bonchev–Trinajstić information content (AvgIpc) is 3.20. The summed E-state index contributed by atoms with van der Waals surface area (Å²) in [4.78, 5) is 13.3. The summed E-state index contributed by atoms with van der Waals surface area (Å²) in [5.74, 6) is 8.00. The van der Waals surface area contributed by atoms with Crippen LogP contribution in [0.15, 0.2) is 24.3 Å². The Bertz CT molecular complexity index is 949. The van der Waals surface area contributed by atoms with Crippen LogP contribution >= 0.6 is 0 Å². The van der Waals surface area contributed by atoms with Crippen molar-refractivity contribution >= 4 is 23.3 Å². The molecule has 0 spiro atoms. The van der Waals surface area contributed by atoms with E-state index in [9.17, 15) is 13.2 Å². The number of alkyl halides is 3. The number of rotatable bonds is 5. The molecule has 1 atom stereocenters. The fraction of sp³-hybridized carbons (Fsp3) is 0.524. The van der Waals surface area contributed by atoms with Gasteiger partial charge in [-0.1, -0.05) is 25.1 Å². The minimum absolute atomic E-state index is 0.0461. The first kappa shape index (κ1) is 22.4. The van der Waals surface area contributed by atoms with E-state index in [-0.39, 0.29) is 23.6 Å². The van der Waals surface area contributed by atoms with Crippen molar-refractivity contribution in [3.63, 3.8) is 0 Å². The Morgan fingerprint density at radius 2 is 1.84 bits per heavy atom. The second-order valence-corrected chi connectivity index (χ2v) is 8.31. The number of nitrogen functional groups attached to an aromatic ring is 1. The molecule has 2 saturated heterocycles. The molecule has 11 heteroatoms. The van der Waals surface area contributed by atoms with Crippen molar-refractivity contribution in [2.45, 2.75) is 26.1 Å². The molecule has 4 N–H and O–H groups in total. The number of hydrogen-bond donors (Lipinski definition) is 2. The van der Waals surface area contributed by atoms with E-state index in [0.717, 1.165) is 25.6 Å². The Labute approximate surface area is 184 Å². The molecule has 0 unspecified atom stereocenters. The summed E-state index contributed by atoms with van der Waals surface area (Å²) in [5, 5.41) is 1.18. The molecule has 2 aliphatic rings. The lowest BCUT2D eigenvalue weighted by Gasteiger charge is -2.30. The van der Waals surface area contributed by atoms with Gasteiger partial charge < -0.3 is 20.3 Å². The molecule has 32 heavy (non-hydrogen) atoms. The van der Waals surface area contributed by atoms with E-state index in [1.807, 2.05) is 4.90 Å². The summed E-state index contributed by atoms with van der Waals surface area (Å²) < 4.78 is 45.8. The van der Waals surface area contributed by atoms with Gasteiger partial charge in [0.15, 0.2) is 11.6 Å². The molecule has 3 heterocycles. The molecule has 0 saturated carbocycles. The minimum Gasteiger partial charge on any atom is -0.393 e. The quantitative estimate of drug-likeness (QED) is 0.529. The number of hydrazine groups is 1. The number of nitrogens with zero attached hydrogens (tertiary/aromatic N) is 5. The number of nitrogens with two attached hydrogens (primary N) is 2. The van der Waals surface area contributed by atoms with Crippen molar-refractivity contribution in [3.8, 4) is 0 Å². The third-order valence-electron chi connectivity index (χ3n) is 5.85. The highest BCUT2D eigenvalue weighted by Gasteiger charge is 2.34. The van der Waals surface area contributed by atoms with Crippen LogP contribution in [0.5, 0.6) is 0 Å². The van der Waals surface area contributed by atoms with Gasteiger partial charge in [-0.3, -0.25) is 5.01 Å². The van der Waals surface area contributed by atoms with Gasteiger partial charge in [0.2, 0.25) is 5.95 Å². The molecule has 0 bridgehead atoms. The highest BCUT2D eigenvalue weighted by Crippen LogP contribution is 2.36. The maximum atomic E-state index is 13.5. The van der Waals surface area contributed by atoms with Crippen LogP contribution in [0, 0.1) is 5.92 Å². The fourth-order valence-corrected chi connectivity index (χ4v) is 4.12. The van der Waals surface area contributed by atoms with Gasteiger partial charge in [0.25, 0.3) is 0 Å². The molecule has 2 fully saturated rings. The summed E-state index contributed by atoms with van der Waals surface area (Å²) in [5.41, 5.74) is 6.01. The van der Waals surface area contributed by atoms with Gasteiger partial charge in [-0.05, 0) is 24.0 Å². The minimum atomic E-state index is -4.48. The van der Waals surface area contributed by atoms with Crippen LogP contribution in [0.4, 0.5) is 36.4 Å². The fourth-order valence-electron chi connectivity index (χ4n) is 4.12. The predicted molar refractivity (Wildman–Crippen MR) is 117 cm³/mol. The average molecular weight is 451 g/mol. The zero-order chi connectivity index (χ0) is 22.9. The van der Waals surface area contributed by atoms with Crippen LogP contribution in [0.3, 0.4) is 0 Å². The number of halogens is 3. The molecule has 174 valence electrons. The predicted octanol–water partition coefficient (Wildman–Crippen LogP) is 2.64. The van der Waals surface area contributed by atoms with Gasteiger partial charge in [0, 0.05) is 26.2 Å². The zero-order valence-electron chi connectivity index (χ0n) is 18.0. The summed E-state index contributed by atoms with van der Waals surface area (Å²) in [7, 11) is 0. The number of hydrogen-bond acceptors (Lipinski definition) is 8. The number of ether oxygens (including phenoxy) is 1. The Morgan fingerprint density at radius 3 is 2.50 bits per heavy atom. The molecule has 4 rings (SSSR count). The van der Waals surface area contributed by atoms with Crippen LogP contribution in [0.25, 0.3) is 0 Å². The van der Waals surface area contributed by atoms with E-state index in [1.54, 1.807) is 6.07 Å². The molecule has 0 amide bonds. The summed E-state index contributed by atoms with van der Waals surface area (Å²) in [6.07, 6.45) is -3.47. The second-order valence-electron chi connectivity index (χ2n) is 8.31. The van der Waals surface area contributed by atoms with E-state index >= 15 is 0 Å². The first-order valence-corrected chi connectivity index (χ1v) is 10.7. The number of anilines is 4. The van der Waals surface area contributed by atoms with E-state index in [1.165, 1.54) is 17.1 Å². The highest BCUT2D eigenvalue weighted by atomic mass is 19.4. The molecule has 0 radical (unpaired) electrons. The van der Waals surface area contributed by atoms with Crippen molar-refractivity contribution in [3.05, 3.63) is 35.4 Å². The lowest BCUT2D eigenvalue weighted by molar-refractivity contribution is -0.138. The van der Waals surface area contributed by atoms with Crippen molar-refractivity contribution in [1.29, 1.82) is 0 Å². The standard InChI is InChI=1S/C21H28F3N7O/c1-14-6-7-30(12-14)18-17(25)19(28-20(27-18)29-8-10-32-11-9-29)31(26)13-15-4-2-3-5-16(15)21(22,23)24/h2-5,14H,6-13,25-26H2,1H3/t14-/m0/s1. The van der Waals surface area contributed by atoms with Crippen molar-refractivity contribution < 1.29 is 17.9 Å². The summed E-state index contributed by atoms with van der Waals surface area (Å²) in [6.45, 7) is 5.87. The second kappa shape index (κ2) is 8.99. The van der Waals surface area contributed by atoms with Gasteiger partial charge >= 0.3 is 6.18 Å². The molecule has 2 aromatic rings. The molecule has 0 aliphatic carbocycles. The number of morpholine rings is 1. The summed E-state index contributed by atoms with van der Waals surface area (Å²) in [6, 6.07) is 5.36. The monoisotopic (exact) mass is 451 g/mol. The van der Waals surface area contributed by atoms with Crippen LogP contribution in [0.1, 0.15) is 24.5 Å². The zero-order valence-corrected chi connectivity index (χ0v) is 18.0. The Kier molecular flexibility index (Phi) is 6.29. The lowest BCUT2D eigenvalue weighted by Crippen LogP contribution is -2.39. The van der Waals surface area contributed by atoms with Gasteiger partial charge in [-0.15, -0.1) is 0 Å². The third-order valence-corrected chi connectivity index (χ3v) is 5.85. The van der Waals surface area contributed by atoms with Crippen molar-refractivity contribution in [2.24, 2.45) is 11.8 Å². The van der Waals surface area contributed by atoms with E-state index in [2.05, 4.69) is 16.8 Å². The van der Waals surface area contributed by atoms with E-state index in [4.69, 9.17) is 21.3 Å². The molecular weight excluding hydrogens is 423 g/mol. The van der Waals surface area contributed by atoms with Crippen LogP contribution in [-0.4, -0.2) is 49.4 Å². The summed E-state index contributed by atoms with van der Waals surface area (Å²) >= 11 is 0. The molecular formula is C21H28F3N7O. The largest absolute Gasteiger partial charge is 0.416 e. The van der Waals surface area contributed by atoms with Crippen LogP contribution in [-0.2, 0) is 17.5 Å². The SMILES string of the molecule is C[C@H]1CCN(c2nc(N3CCOCC3)nc(N(N)Cc3ccccc3C(F)(F)F)c2N)C1. The normalized spacial score (nSPS) is 19.5. The molecule has 8 nitrogen and oxygen atoms in total. The first-order valence-electron chi connectivity index (χ1n) is 10.7.